The lowest BCUT2D eigenvalue weighted by Gasteiger charge is -2.15. The van der Waals surface area contributed by atoms with E-state index in [1.165, 1.54) is 0 Å². The third-order valence-electron chi connectivity index (χ3n) is 2.65. The largest absolute Gasteiger partial charge is 0.480 e. The van der Waals surface area contributed by atoms with Gasteiger partial charge in [-0.1, -0.05) is 26.0 Å². The van der Waals surface area contributed by atoms with Crippen LogP contribution in [0.1, 0.15) is 29.8 Å². The van der Waals surface area contributed by atoms with Crippen molar-refractivity contribution in [3.63, 3.8) is 0 Å². The van der Waals surface area contributed by atoms with Crippen LogP contribution in [0.4, 0.5) is 0 Å². The minimum absolute atomic E-state index is 0.0935. The zero-order valence-electron chi connectivity index (χ0n) is 10.8. The van der Waals surface area contributed by atoms with Gasteiger partial charge in [0.25, 0.3) is 0 Å². The summed E-state index contributed by atoms with van der Waals surface area (Å²) in [5.74, 6) is -1.76. The molecule has 1 aromatic carbocycles. The zero-order chi connectivity index (χ0) is 14.6. The second kappa shape index (κ2) is 6.47. The Morgan fingerprint density at radius 1 is 1.37 bits per heavy atom. The van der Waals surface area contributed by atoms with Crippen LogP contribution in [0.15, 0.2) is 24.3 Å². The van der Waals surface area contributed by atoms with Gasteiger partial charge in [-0.05, 0) is 23.6 Å². The van der Waals surface area contributed by atoms with E-state index >= 15 is 0 Å². The maximum absolute atomic E-state index is 12.1. The number of amides is 1. The molecule has 0 heterocycles. The number of primary amides is 1. The number of carbonyl (C=O) groups is 2. The van der Waals surface area contributed by atoms with Gasteiger partial charge in [0.05, 0.1) is 0 Å². The zero-order valence-corrected chi connectivity index (χ0v) is 11.6. The van der Waals surface area contributed by atoms with E-state index in [4.69, 9.17) is 10.8 Å². The number of carbonyl (C=O) groups excluding carboxylic acids is 1. The lowest BCUT2D eigenvalue weighted by atomic mass is 10.1. The number of nitrogens with two attached hydrogens (primary N) is 1. The third kappa shape index (κ3) is 4.17. The van der Waals surface area contributed by atoms with Crippen molar-refractivity contribution in [1.82, 2.24) is 0 Å². The van der Waals surface area contributed by atoms with Crippen LogP contribution in [-0.4, -0.2) is 26.4 Å². The van der Waals surface area contributed by atoms with Gasteiger partial charge < -0.3 is 10.8 Å². The Morgan fingerprint density at radius 2 is 2.00 bits per heavy atom. The van der Waals surface area contributed by atoms with E-state index in [2.05, 4.69) is 0 Å². The number of carboxylic acids is 1. The van der Waals surface area contributed by atoms with Crippen molar-refractivity contribution in [2.24, 2.45) is 11.7 Å². The molecule has 0 aliphatic heterocycles. The van der Waals surface area contributed by atoms with Gasteiger partial charge in [-0.3, -0.25) is 13.8 Å². The van der Waals surface area contributed by atoms with Crippen LogP contribution >= 0.6 is 0 Å². The van der Waals surface area contributed by atoms with Crippen molar-refractivity contribution in [3.8, 4) is 0 Å². The van der Waals surface area contributed by atoms with E-state index in [0.717, 1.165) is 0 Å². The molecule has 5 nitrogen and oxygen atoms in total. The molecular weight excluding hydrogens is 266 g/mol. The van der Waals surface area contributed by atoms with E-state index in [0.29, 0.717) is 11.1 Å². The Kier molecular flexibility index (Phi) is 5.23. The standard InChI is InChI=1S/C13H17NO4S/c1-8(2)11(13(16)17)19(18)7-9-4-3-5-10(6-9)12(14)15/h3-6,8,11H,7H2,1-2H3,(H2,14,15)(H,16,17). The maximum Gasteiger partial charge on any atom is 0.319 e. The van der Waals surface area contributed by atoms with E-state index in [1.54, 1.807) is 38.1 Å². The first kappa shape index (κ1) is 15.4. The van der Waals surface area contributed by atoms with E-state index < -0.39 is 27.9 Å². The Labute approximate surface area is 114 Å². The van der Waals surface area contributed by atoms with Crippen molar-refractivity contribution in [3.05, 3.63) is 35.4 Å². The highest BCUT2D eigenvalue weighted by molar-refractivity contribution is 7.85. The lowest BCUT2D eigenvalue weighted by Crippen LogP contribution is -2.31. The van der Waals surface area contributed by atoms with Crippen molar-refractivity contribution in [2.75, 3.05) is 0 Å². The van der Waals surface area contributed by atoms with Crippen LogP contribution in [0.25, 0.3) is 0 Å². The monoisotopic (exact) mass is 283 g/mol. The topological polar surface area (TPSA) is 97.5 Å². The van der Waals surface area contributed by atoms with Crippen molar-refractivity contribution < 1.29 is 18.9 Å². The summed E-state index contributed by atoms with van der Waals surface area (Å²) in [7, 11) is -1.54. The molecular formula is C13H17NO4S. The number of hydrogen-bond acceptors (Lipinski definition) is 3. The molecule has 1 aromatic rings. The Balaban J connectivity index is 2.90. The van der Waals surface area contributed by atoms with Crippen LogP contribution in [0.5, 0.6) is 0 Å². The molecule has 0 radical (unpaired) electrons. The summed E-state index contributed by atoms with van der Waals surface area (Å²) >= 11 is 0. The van der Waals surface area contributed by atoms with Crippen LogP contribution < -0.4 is 5.73 Å². The van der Waals surface area contributed by atoms with Crippen molar-refractivity contribution >= 4 is 22.7 Å². The molecule has 1 amide bonds. The molecule has 0 aromatic heterocycles. The molecule has 104 valence electrons. The minimum atomic E-state index is -1.54. The van der Waals surface area contributed by atoms with Gasteiger partial charge in [-0.15, -0.1) is 0 Å². The van der Waals surface area contributed by atoms with Gasteiger partial charge in [-0.2, -0.15) is 0 Å². The lowest BCUT2D eigenvalue weighted by molar-refractivity contribution is -0.137. The summed E-state index contributed by atoms with van der Waals surface area (Å²) in [6.45, 7) is 3.44. The van der Waals surface area contributed by atoms with Gasteiger partial charge in [0, 0.05) is 22.1 Å². The highest BCUT2D eigenvalue weighted by atomic mass is 32.2. The van der Waals surface area contributed by atoms with Crippen LogP contribution in [0.3, 0.4) is 0 Å². The summed E-state index contributed by atoms with van der Waals surface area (Å²) in [6, 6.07) is 6.44. The molecule has 2 unspecified atom stereocenters. The molecule has 2 atom stereocenters. The van der Waals surface area contributed by atoms with Crippen LogP contribution in [0, 0.1) is 5.92 Å². The summed E-state index contributed by atoms with van der Waals surface area (Å²) < 4.78 is 12.1. The van der Waals surface area contributed by atoms with Crippen molar-refractivity contribution in [2.45, 2.75) is 24.9 Å². The van der Waals surface area contributed by atoms with E-state index in [1.807, 2.05) is 0 Å². The predicted octanol–water partition coefficient (Wildman–Crippen LogP) is 1.14. The normalized spacial score (nSPS) is 14.1. The Hall–Kier alpha value is -1.69. The number of hydrogen-bond donors (Lipinski definition) is 2. The van der Waals surface area contributed by atoms with E-state index in [9.17, 15) is 13.8 Å². The molecule has 0 aliphatic rings. The number of aliphatic carboxylic acids is 1. The first-order chi connectivity index (χ1) is 8.82. The summed E-state index contributed by atoms with van der Waals surface area (Å²) in [6.07, 6.45) is 0. The fourth-order valence-corrected chi connectivity index (χ4v) is 3.29. The van der Waals surface area contributed by atoms with Gasteiger partial charge in [-0.25, -0.2) is 0 Å². The molecule has 6 heteroatoms. The van der Waals surface area contributed by atoms with Gasteiger partial charge in [0.2, 0.25) is 5.91 Å². The molecule has 0 spiro atoms. The fraction of sp³-hybridized carbons (Fsp3) is 0.385. The molecule has 3 N–H and O–H groups in total. The summed E-state index contributed by atoms with van der Waals surface area (Å²) in [4.78, 5) is 22.1. The summed E-state index contributed by atoms with van der Waals surface area (Å²) in [5, 5.41) is 8.15. The van der Waals surface area contributed by atoms with Gasteiger partial charge >= 0.3 is 5.97 Å². The van der Waals surface area contributed by atoms with Crippen LogP contribution in [0.2, 0.25) is 0 Å². The van der Waals surface area contributed by atoms with Gasteiger partial charge in [0.15, 0.2) is 0 Å². The second-order valence-electron chi connectivity index (χ2n) is 4.59. The molecule has 1 rings (SSSR count). The average Bonchev–Trinajstić information content (AvgIpc) is 2.27. The highest BCUT2D eigenvalue weighted by Crippen LogP contribution is 2.15. The minimum Gasteiger partial charge on any atom is -0.480 e. The predicted molar refractivity (Wildman–Crippen MR) is 73.1 cm³/mol. The average molecular weight is 283 g/mol. The molecule has 19 heavy (non-hydrogen) atoms. The number of rotatable bonds is 6. The first-order valence-corrected chi connectivity index (χ1v) is 7.20. The van der Waals surface area contributed by atoms with Gasteiger partial charge in [0.1, 0.15) is 5.25 Å². The smallest absolute Gasteiger partial charge is 0.319 e. The first-order valence-electron chi connectivity index (χ1n) is 5.81. The van der Waals surface area contributed by atoms with E-state index in [-0.39, 0.29) is 11.7 Å². The van der Waals surface area contributed by atoms with Crippen LogP contribution in [-0.2, 0) is 21.3 Å². The third-order valence-corrected chi connectivity index (χ3v) is 4.58. The SMILES string of the molecule is CC(C)C(C(=O)O)S(=O)Cc1cccc(C(N)=O)c1. The second-order valence-corrected chi connectivity index (χ2v) is 6.15. The molecule has 0 saturated carbocycles. The van der Waals surface area contributed by atoms with Crippen molar-refractivity contribution in [1.29, 1.82) is 0 Å². The Morgan fingerprint density at radius 3 is 2.47 bits per heavy atom. The highest BCUT2D eigenvalue weighted by Gasteiger charge is 2.28. The number of carboxylic acid groups (broad SMARTS) is 1. The quantitative estimate of drug-likeness (QED) is 0.818. The maximum atomic E-state index is 12.1. The molecule has 0 fully saturated rings. The number of benzene rings is 1. The summed E-state index contributed by atoms with van der Waals surface area (Å²) in [5.41, 5.74) is 6.13. The molecule has 0 aliphatic carbocycles. The molecule has 0 saturated heterocycles. The fourth-order valence-electron chi connectivity index (χ4n) is 1.77. The Bertz CT molecular complexity index is 513. The molecule has 0 bridgehead atoms.